The van der Waals surface area contributed by atoms with Gasteiger partial charge in [-0.25, -0.2) is 0 Å². The summed E-state index contributed by atoms with van der Waals surface area (Å²) in [4.78, 5) is 2.39. The maximum Gasteiger partial charge on any atom is 0.0692 e. The molecule has 0 spiro atoms. The molecule has 0 fully saturated rings. The lowest BCUT2D eigenvalue weighted by Gasteiger charge is -2.10. The maximum absolute atomic E-state index is 9.43. The first-order chi connectivity index (χ1) is 8.60. The molecule has 2 heteroatoms. The first-order valence-corrected chi connectivity index (χ1v) is 6.87. The molecule has 18 heavy (non-hydrogen) atoms. The number of hydrogen-bond acceptors (Lipinski definition) is 2. The Labute approximate surface area is 113 Å². The van der Waals surface area contributed by atoms with Gasteiger partial charge in [0.05, 0.1) is 6.61 Å². The lowest BCUT2D eigenvalue weighted by molar-refractivity contribution is 0.279. The van der Waals surface area contributed by atoms with Crippen molar-refractivity contribution >= 4 is 11.8 Å². The van der Waals surface area contributed by atoms with Crippen molar-refractivity contribution in [2.75, 3.05) is 0 Å². The van der Waals surface area contributed by atoms with Crippen LogP contribution in [0.1, 0.15) is 22.3 Å². The minimum atomic E-state index is 0.0921. The van der Waals surface area contributed by atoms with E-state index in [0.29, 0.717) is 0 Å². The Bertz CT molecular complexity index is 561. The van der Waals surface area contributed by atoms with Crippen LogP contribution in [0.4, 0.5) is 0 Å². The van der Waals surface area contributed by atoms with Crippen LogP contribution in [-0.2, 0) is 6.61 Å². The van der Waals surface area contributed by atoms with Crippen LogP contribution in [0.2, 0.25) is 0 Å². The van der Waals surface area contributed by atoms with Crippen LogP contribution >= 0.6 is 11.8 Å². The summed E-state index contributed by atoms with van der Waals surface area (Å²) in [6.45, 7) is 6.36. The molecule has 0 saturated carbocycles. The first-order valence-electron chi connectivity index (χ1n) is 6.05. The van der Waals surface area contributed by atoms with E-state index in [2.05, 4.69) is 44.2 Å². The van der Waals surface area contributed by atoms with Crippen LogP contribution in [0.5, 0.6) is 0 Å². The zero-order valence-corrected chi connectivity index (χ0v) is 11.8. The molecule has 94 valence electrons. The fraction of sp³-hybridized carbons (Fsp3) is 0.250. The Morgan fingerprint density at radius 1 is 0.889 bits per heavy atom. The molecule has 0 radical (unpaired) electrons. The van der Waals surface area contributed by atoms with E-state index in [1.165, 1.54) is 21.6 Å². The number of hydrogen-bond donors (Lipinski definition) is 1. The van der Waals surface area contributed by atoms with Gasteiger partial charge < -0.3 is 5.11 Å². The summed E-state index contributed by atoms with van der Waals surface area (Å²) in [7, 11) is 0. The lowest BCUT2D eigenvalue weighted by atomic mass is 10.1. The molecule has 0 aliphatic rings. The summed E-state index contributed by atoms with van der Waals surface area (Å²) in [5, 5.41) is 9.43. The second kappa shape index (κ2) is 5.59. The highest BCUT2D eigenvalue weighted by molar-refractivity contribution is 7.99. The van der Waals surface area contributed by atoms with E-state index in [-0.39, 0.29) is 6.61 Å². The zero-order valence-electron chi connectivity index (χ0n) is 11.0. The molecular weight excluding hydrogens is 240 g/mol. The third-order valence-electron chi connectivity index (χ3n) is 2.95. The minimum Gasteiger partial charge on any atom is -0.392 e. The molecule has 1 nitrogen and oxygen atoms in total. The van der Waals surface area contributed by atoms with E-state index in [4.69, 9.17) is 0 Å². The summed E-state index contributed by atoms with van der Waals surface area (Å²) in [5.74, 6) is 0. The molecule has 0 aliphatic carbocycles. The Morgan fingerprint density at radius 3 is 2.28 bits per heavy atom. The molecule has 2 rings (SSSR count). The van der Waals surface area contributed by atoms with Gasteiger partial charge in [0.25, 0.3) is 0 Å². The van der Waals surface area contributed by atoms with Gasteiger partial charge in [-0.2, -0.15) is 0 Å². The molecule has 0 atom stereocenters. The predicted molar refractivity (Wildman–Crippen MR) is 77.1 cm³/mol. The van der Waals surface area contributed by atoms with E-state index < -0.39 is 0 Å². The smallest absolute Gasteiger partial charge is 0.0692 e. The third kappa shape index (κ3) is 2.95. The summed E-state index contributed by atoms with van der Waals surface area (Å²) in [5.41, 5.74) is 4.72. The van der Waals surface area contributed by atoms with Crippen molar-refractivity contribution in [3.8, 4) is 0 Å². The van der Waals surface area contributed by atoms with Crippen molar-refractivity contribution in [2.45, 2.75) is 37.2 Å². The molecule has 0 aliphatic heterocycles. The molecule has 0 bridgehead atoms. The Morgan fingerprint density at radius 2 is 1.56 bits per heavy atom. The fourth-order valence-electron chi connectivity index (χ4n) is 1.87. The highest BCUT2D eigenvalue weighted by atomic mass is 32.2. The van der Waals surface area contributed by atoms with Gasteiger partial charge in [-0.3, -0.25) is 0 Å². The number of benzene rings is 2. The number of rotatable bonds is 3. The van der Waals surface area contributed by atoms with Crippen LogP contribution < -0.4 is 0 Å². The van der Waals surface area contributed by atoms with Gasteiger partial charge in [0.15, 0.2) is 0 Å². The van der Waals surface area contributed by atoms with E-state index in [9.17, 15) is 5.11 Å². The number of aryl methyl sites for hydroxylation is 3. The van der Waals surface area contributed by atoms with Crippen molar-refractivity contribution in [1.29, 1.82) is 0 Å². The second-order valence-corrected chi connectivity index (χ2v) is 5.72. The third-order valence-corrected chi connectivity index (χ3v) is 4.23. The maximum atomic E-state index is 9.43. The normalized spacial score (nSPS) is 10.7. The Balaban J connectivity index is 2.36. The quantitative estimate of drug-likeness (QED) is 0.888. The SMILES string of the molecule is Cc1ccc(Sc2cc(C)ccc2C)c(CO)c1. The number of aliphatic hydroxyl groups excluding tert-OH is 1. The lowest BCUT2D eigenvalue weighted by Crippen LogP contribution is -1.90. The summed E-state index contributed by atoms with van der Waals surface area (Å²) in [6, 6.07) is 12.7. The van der Waals surface area contributed by atoms with Gasteiger partial charge in [-0.15, -0.1) is 0 Å². The van der Waals surface area contributed by atoms with Gasteiger partial charge in [0, 0.05) is 9.79 Å². The van der Waals surface area contributed by atoms with Crippen molar-refractivity contribution in [2.24, 2.45) is 0 Å². The molecule has 2 aromatic rings. The van der Waals surface area contributed by atoms with Crippen LogP contribution in [-0.4, -0.2) is 5.11 Å². The predicted octanol–water partition coefficient (Wildman–Crippen LogP) is 4.26. The molecule has 0 heterocycles. The van der Waals surface area contributed by atoms with Crippen LogP contribution in [0.3, 0.4) is 0 Å². The largest absolute Gasteiger partial charge is 0.392 e. The highest BCUT2D eigenvalue weighted by Crippen LogP contribution is 2.33. The topological polar surface area (TPSA) is 20.2 Å². The minimum absolute atomic E-state index is 0.0921. The zero-order chi connectivity index (χ0) is 13.1. The average Bonchev–Trinajstić information content (AvgIpc) is 2.36. The second-order valence-electron chi connectivity index (χ2n) is 4.64. The molecule has 0 aromatic heterocycles. The van der Waals surface area contributed by atoms with Crippen molar-refractivity contribution < 1.29 is 5.11 Å². The monoisotopic (exact) mass is 258 g/mol. The summed E-state index contributed by atoms with van der Waals surface area (Å²) < 4.78 is 0. The molecule has 0 saturated heterocycles. The van der Waals surface area contributed by atoms with Gasteiger partial charge >= 0.3 is 0 Å². The van der Waals surface area contributed by atoms with Gasteiger partial charge in [0.2, 0.25) is 0 Å². The van der Waals surface area contributed by atoms with E-state index in [0.717, 1.165) is 10.5 Å². The van der Waals surface area contributed by atoms with Crippen molar-refractivity contribution in [3.05, 3.63) is 58.7 Å². The molecule has 0 amide bonds. The van der Waals surface area contributed by atoms with Gasteiger partial charge in [-0.1, -0.05) is 41.6 Å². The molecule has 1 N–H and O–H groups in total. The van der Waals surface area contributed by atoms with Crippen LogP contribution in [0, 0.1) is 20.8 Å². The molecule has 2 aromatic carbocycles. The average molecular weight is 258 g/mol. The molecular formula is C16H18OS. The Hall–Kier alpha value is -1.25. The van der Waals surface area contributed by atoms with Gasteiger partial charge in [0.1, 0.15) is 0 Å². The number of aliphatic hydroxyl groups is 1. The summed E-state index contributed by atoms with van der Waals surface area (Å²) >= 11 is 1.73. The van der Waals surface area contributed by atoms with E-state index in [1.54, 1.807) is 11.8 Å². The first kappa shape index (κ1) is 13.2. The fourth-order valence-corrected chi connectivity index (χ4v) is 2.97. The molecule has 0 unspecified atom stereocenters. The van der Waals surface area contributed by atoms with Crippen molar-refractivity contribution in [3.63, 3.8) is 0 Å². The van der Waals surface area contributed by atoms with Crippen molar-refractivity contribution in [1.82, 2.24) is 0 Å². The van der Waals surface area contributed by atoms with Crippen LogP contribution in [0.15, 0.2) is 46.2 Å². The van der Waals surface area contributed by atoms with E-state index >= 15 is 0 Å². The van der Waals surface area contributed by atoms with E-state index in [1.807, 2.05) is 13.0 Å². The van der Waals surface area contributed by atoms with Gasteiger partial charge in [-0.05, 0) is 49.6 Å². The highest BCUT2D eigenvalue weighted by Gasteiger charge is 2.06. The van der Waals surface area contributed by atoms with Crippen LogP contribution in [0.25, 0.3) is 0 Å². The Kier molecular flexibility index (Phi) is 4.10. The summed E-state index contributed by atoms with van der Waals surface area (Å²) in [6.07, 6.45) is 0. The standard InChI is InChI=1S/C16H18OS/c1-11-5-7-15(14(8-11)10-17)18-16-9-12(2)4-6-13(16)3/h4-9,17H,10H2,1-3H3.